The van der Waals surface area contributed by atoms with Crippen LogP contribution < -0.4 is 0 Å². The van der Waals surface area contributed by atoms with Crippen LogP contribution in [-0.4, -0.2) is 21.3 Å². The van der Waals surface area contributed by atoms with Gasteiger partial charge in [-0.3, -0.25) is 0 Å². The minimum absolute atomic E-state index is 0.330. The Morgan fingerprint density at radius 1 is 1.47 bits per heavy atom. The minimum atomic E-state index is -0.900. The first-order valence-corrected chi connectivity index (χ1v) is 5.68. The van der Waals surface area contributed by atoms with Gasteiger partial charge in [-0.25, -0.2) is 9.78 Å². The van der Waals surface area contributed by atoms with Crippen LogP contribution in [-0.2, 0) is 0 Å². The van der Waals surface area contributed by atoms with Crippen LogP contribution in [0.4, 0.5) is 0 Å². The second-order valence-corrected chi connectivity index (χ2v) is 5.30. The van der Waals surface area contributed by atoms with Crippen molar-refractivity contribution in [3.8, 4) is 0 Å². The number of carboxylic acid groups (broad SMARTS) is 1. The molecule has 3 nitrogen and oxygen atoms in total. The van der Waals surface area contributed by atoms with E-state index in [1.807, 2.05) is 27.7 Å². The lowest BCUT2D eigenvalue weighted by molar-refractivity contribution is 0.0691. The zero-order valence-electron chi connectivity index (χ0n) is 9.37. The molecule has 1 aromatic heterocycles. The number of hydrogen-bond donors (Lipinski definition) is 1. The molecule has 0 aliphatic rings. The number of hydrogen-bond acceptors (Lipinski definition) is 3. The van der Waals surface area contributed by atoms with E-state index in [2.05, 4.69) is 4.98 Å². The number of thioether (sulfide) groups is 1. The number of pyridine rings is 1. The van der Waals surface area contributed by atoms with Crippen molar-refractivity contribution >= 4 is 17.7 Å². The van der Waals surface area contributed by atoms with Crippen LogP contribution in [0.5, 0.6) is 0 Å². The van der Waals surface area contributed by atoms with Crippen molar-refractivity contribution in [1.82, 2.24) is 4.98 Å². The number of rotatable bonds is 3. The Bertz CT molecular complexity index is 388. The third kappa shape index (κ3) is 2.96. The number of carbonyl (C=O) groups is 1. The Morgan fingerprint density at radius 3 is 2.53 bits per heavy atom. The molecular formula is C11H15NO2S. The first-order chi connectivity index (χ1) is 6.91. The molecule has 4 heteroatoms. The lowest BCUT2D eigenvalue weighted by Crippen LogP contribution is -2.06. The van der Waals surface area contributed by atoms with Crippen LogP contribution in [0.2, 0.25) is 0 Å². The summed E-state index contributed by atoms with van der Waals surface area (Å²) in [6, 6.07) is 1.80. The summed E-state index contributed by atoms with van der Waals surface area (Å²) in [5.41, 5.74) is 1.97. The average Bonchev–Trinajstić information content (AvgIpc) is 1.99. The van der Waals surface area contributed by atoms with Gasteiger partial charge in [0.25, 0.3) is 0 Å². The molecule has 0 fully saturated rings. The Labute approximate surface area is 93.9 Å². The van der Waals surface area contributed by atoms with E-state index in [9.17, 15) is 4.79 Å². The van der Waals surface area contributed by atoms with Gasteiger partial charge in [-0.2, -0.15) is 0 Å². The van der Waals surface area contributed by atoms with Crippen LogP contribution in [0.1, 0.15) is 35.5 Å². The number of aromatic nitrogens is 1. The van der Waals surface area contributed by atoms with Gasteiger partial charge in [-0.1, -0.05) is 13.8 Å². The Kier molecular flexibility index (Phi) is 3.74. The maximum Gasteiger partial charge on any atom is 0.338 e. The third-order valence-corrected chi connectivity index (χ3v) is 2.86. The lowest BCUT2D eigenvalue weighted by atomic mass is 10.1. The minimum Gasteiger partial charge on any atom is -0.478 e. The number of nitrogens with zero attached hydrogens (tertiary/aromatic N) is 1. The number of carboxylic acids is 1. The van der Waals surface area contributed by atoms with E-state index in [-0.39, 0.29) is 0 Å². The molecule has 0 atom stereocenters. The molecule has 0 aliphatic heterocycles. The summed E-state index contributed by atoms with van der Waals surface area (Å²) in [7, 11) is 0. The summed E-state index contributed by atoms with van der Waals surface area (Å²) in [4.78, 5) is 15.4. The molecule has 0 saturated carbocycles. The van der Waals surface area contributed by atoms with Gasteiger partial charge in [0.1, 0.15) is 5.03 Å². The normalized spacial score (nSPS) is 10.7. The molecule has 0 saturated heterocycles. The van der Waals surface area contributed by atoms with E-state index in [0.29, 0.717) is 15.8 Å². The molecule has 0 radical (unpaired) electrons. The number of aryl methyl sites for hydroxylation is 2. The topological polar surface area (TPSA) is 50.2 Å². The Morgan fingerprint density at radius 2 is 2.07 bits per heavy atom. The van der Waals surface area contributed by atoms with Crippen LogP contribution in [0.15, 0.2) is 11.1 Å². The molecule has 0 aromatic carbocycles. The van der Waals surface area contributed by atoms with Crippen molar-refractivity contribution < 1.29 is 9.90 Å². The van der Waals surface area contributed by atoms with Crippen molar-refractivity contribution in [3.63, 3.8) is 0 Å². The zero-order chi connectivity index (χ0) is 11.6. The fourth-order valence-corrected chi connectivity index (χ4v) is 2.38. The number of aromatic carboxylic acids is 1. The van der Waals surface area contributed by atoms with E-state index in [1.54, 1.807) is 6.07 Å². The molecule has 0 spiro atoms. The SMILES string of the molecule is Cc1cc(C)c(C(=O)O)c(SC(C)C)n1. The second kappa shape index (κ2) is 4.66. The summed E-state index contributed by atoms with van der Waals surface area (Å²) in [6.45, 7) is 7.73. The highest BCUT2D eigenvalue weighted by Crippen LogP contribution is 2.27. The van der Waals surface area contributed by atoms with Crippen LogP contribution >= 0.6 is 11.8 Å². The smallest absolute Gasteiger partial charge is 0.338 e. The van der Waals surface area contributed by atoms with E-state index in [4.69, 9.17) is 5.11 Å². The van der Waals surface area contributed by atoms with Gasteiger partial charge in [-0.15, -0.1) is 11.8 Å². The van der Waals surface area contributed by atoms with E-state index >= 15 is 0 Å². The van der Waals surface area contributed by atoms with E-state index in [0.717, 1.165) is 11.3 Å². The van der Waals surface area contributed by atoms with Gasteiger partial charge in [0, 0.05) is 10.9 Å². The first kappa shape index (κ1) is 12.0. The summed E-state index contributed by atoms with van der Waals surface area (Å²) in [5.74, 6) is -0.900. The van der Waals surface area contributed by atoms with Crippen LogP contribution in [0, 0.1) is 13.8 Å². The average molecular weight is 225 g/mol. The molecule has 15 heavy (non-hydrogen) atoms. The highest BCUT2D eigenvalue weighted by Gasteiger charge is 2.16. The van der Waals surface area contributed by atoms with Gasteiger partial charge in [0.2, 0.25) is 0 Å². The molecule has 1 N–H and O–H groups in total. The standard InChI is InChI=1S/C11H15NO2S/c1-6(2)15-10-9(11(13)14)7(3)5-8(4)12-10/h5-6H,1-4H3,(H,13,14). The molecule has 0 aliphatic carbocycles. The molecular weight excluding hydrogens is 210 g/mol. The van der Waals surface area contributed by atoms with Crippen molar-refractivity contribution in [1.29, 1.82) is 0 Å². The predicted octanol–water partition coefficient (Wildman–Crippen LogP) is 2.90. The quantitative estimate of drug-likeness (QED) is 0.804. The summed E-state index contributed by atoms with van der Waals surface area (Å²) in [5, 5.41) is 10.0. The monoisotopic (exact) mass is 225 g/mol. The largest absolute Gasteiger partial charge is 0.478 e. The van der Waals surface area contributed by atoms with Crippen molar-refractivity contribution in [2.45, 2.75) is 38.0 Å². The fraction of sp³-hybridized carbons (Fsp3) is 0.455. The van der Waals surface area contributed by atoms with Crippen molar-refractivity contribution in [3.05, 3.63) is 22.9 Å². The maximum absolute atomic E-state index is 11.1. The Balaban J connectivity index is 3.27. The van der Waals surface area contributed by atoms with Gasteiger partial charge in [0.05, 0.1) is 5.56 Å². The molecule has 1 aromatic rings. The van der Waals surface area contributed by atoms with E-state index < -0.39 is 5.97 Å². The molecule has 1 heterocycles. The summed E-state index contributed by atoms with van der Waals surface area (Å²) >= 11 is 1.49. The summed E-state index contributed by atoms with van der Waals surface area (Å²) < 4.78 is 0. The molecule has 82 valence electrons. The lowest BCUT2D eigenvalue weighted by Gasteiger charge is -2.10. The van der Waals surface area contributed by atoms with E-state index in [1.165, 1.54) is 11.8 Å². The molecule has 0 amide bonds. The summed E-state index contributed by atoms with van der Waals surface area (Å²) in [6.07, 6.45) is 0. The van der Waals surface area contributed by atoms with Gasteiger partial charge < -0.3 is 5.11 Å². The highest BCUT2D eigenvalue weighted by molar-refractivity contribution is 7.99. The highest BCUT2D eigenvalue weighted by atomic mass is 32.2. The van der Waals surface area contributed by atoms with Gasteiger partial charge >= 0.3 is 5.97 Å². The first-order valence-electron chi connectivity index (χ1n) is 4.80. The van der Waals surface area contributed by atoms with Crippen LogP contribution in [0.3, 0.4) is 0 Å². The molecule has 0 bridgehead atoms. The third-order valence-electron chi connectivity index (χ3n) is 1.87. The maximum atomic E-state index is 11.1. The predicted molar refractivity (Wildman–Crippen MR) is 61.7 cm³/mol. The van der Waals surface area contributed by atoms with Gasteiger partial charge in [-0.05, 0) is 25.5 Å². The zero-order valence-corrected chi connectivity index (χ0v) is 10.2. The Hall–Kier alpha value is -1.03. The molecule has 0 unspecified atom stereocenters. The fourth-order valence-electron chi connectivity index (χ4n) is 1.37. The molecule has 1 rings (SSSR count). The van der Waals surface area contributed by atoms with Crippen molar-refractivity contribution in [2.24, 2.45) is 0 Å². The van der Waals surface area contributed by atoms with Gasteiger partial charge in [0.15, 0.2) is 0 Å². The van der Waals surface area contributed by atoms with Crippen molar-refractivity contribution in [2.75, 3.05) is 0 Å². The second-order valence-electron chi connectivity index (χ2n) is 3.73. The van der Waals surface area contributed by atoms with Crippen LogP contribution in [0.25, 0.3) is 0 Å².